The molecule has 1 aliphatic rings. The van der Waals surface area contributed by atoms with E-state index in [1.54, 1.807) is 6.20 Å². The van der Waals surface area contributed by atoms with Gasteiger partial charge in [0.05, 0.1) is 17.7 Å². The number of pyridine rings is 1. The van der Waals surface area contributed by atoms with Gasteiger partial charge in [-0.15, -0.1) is 0 Å². The Morgan fingerprint density at radius 1 is 1.64 bits per heavy atom. The number of halogens is 1. The maximum absolute atomic E-state index is 5.68. The zero-order valence-corrected chi connectivity index (χ0v) is 9.58. The molecule has 0 aliphatic carbocycles. The van der Waals surface area contributed by atoms with Crippen LogP contribution in [0.15, 0.2) is 16.7 Å². The fourth-order valence-corrected chi connectivity index (χ4v) is 1.93. The Labute approximate surface area is 91.6 Å². The van der Waals surface area contributed by atoms with Crippen LogP contribution in [-0.2, 0) is 4.74 Å². The number of ether oxygens (including phenoxy) is 2. The highest BCUT2D eigenvalue weighted by Crippen LogP contribution is 2.25. The van der Waals surface area contributed by atoms with E-state index in [-0.39, 0.29) is 6.10 Å². The van der Waals surface area contributed by atoms with Crippen molar-refractivity contribution < 1.29 is 9.47 Å². The van der Waals surface area contributed by atoms with Crippen molar-refractivity contribution in [1.82, 2.24) is 4.98 Å². The third kappa shape index (κ3) is 2.25. The summed E-state index contributed by atoms with van der Waals surface area (Å²) in [5.41, 5.74) is 1.12. The number of rotatable bonds is 2. The summed E-state index contributed by atoms with van der Waals surface area (Å²) in [6, 6.07) is 2.00. The zero-order valence-electron chi connectivity index (χ0n) is 8.00. The lowest BCUT2D eigenvalue weighted by atomic mass is 10.3. The van der Waals surface area contributed by atoms with Crippen molar-refractivity contribution in [3.8, 4) is 5.88 Å². The molecule has 0 saturated carbocycles. The van der Waals surface area contributed by atoms with Gasteiger partial charge in [0.2, 0.25) is 5.88 Å². The Kier molecular flexibility index (Phi) is 3.03. The molecule has 0 spiro atoms. The monoisotopic (exact) mass is 257 g/mol. The summed E-state index contributed by atoms with van der Waals surface area (Å²) in [7, 11) is 0. The number of hydrogen-bond acceptors (Lipinski definition) is 3. The average molecular weight is 258 g/mol. The normalized spacial score (nSPS) is 21.1. The van der Waals surface area contributed by atoms with Crippen LogP contribution in [0.5, 0.6) is 5.88 Å². The van der Waals surface area contributed by atoms with E-state index in [2.05, 4.69) is 20.9 Å². The minimum atomic E-state index is 0.154. The van der Waals surface area contributed by atoms with Crippen molar-refractivity contribution in [2.75, 3.05) is 13.2 Å². The van der Waals surface area contributed by atoms with Crippen LogP contribution in [0.2, 0.25) is 0 Å². The summed E-state index contributed by atoms with van der Waals surface area (Å²) in [4.78, 5) is 4.22. The van der Waals surface area contributed by atoms with E-state index in [4.69, 9.17) is 9.47 Å². The molecule has 76 valence electrons. The first-order valence-corrected chi connectivity index (χ1v) is 5.41. The molecule has 14 heavy (non-hydrogen) atoms. The Hall–Kier alpha value is -0.610. The van der Waals surface area contributed by atoms with E-state index >= 15 is 0 Å². The SMILES string of the molecule is Cc1cnc(OC2CCOC2)c(Br)c1. The van der Waals surface area contributed by atoms with E-state index in [1.165, 1.54) is 0 Å². The molecule has 1 fully saturated rings. The molecule has 2 heterocycles. The minimum absolute atomic E-state index is 0.154. The highest BCUT2D eigenvalue weighted by atomic mass is 79.9. The van der Waals surface area contributed by atoms with Gasteiger partial charge in [-0.05, 0) is 34.5 Å². The van der Waals surface area contributed by atoms with Crippen LogP contribution in [0.1, 0.15) is 12.0 Å². The molecule has 2 rings (SSSR count). The molecule has 1 unspecified atom stereocenters. The van der Waals surface area contributed by atoms with Crippen LogP contribution in [0.25, 0.3) is 0 Å². The maximum Gasteiger partial charge on any atom is 0.228 e. The fourth-order valence-electron chi connectivity index (χ4n) is 1.37. The van der Waals surface area contributed by atoms with Gasteiger partial charge in [-0.25, -0.2) is 4.98 Å². The topological polar surface area (TPSA) is 31.4 Å². The summed E-state index contributed by atoms with van der Waals surface area (Å²) in [6.07, 6.45) is 2.90. The summed E-state index contributed by atoms with van der Waals surface area (Å²) < 4.78 is 11.8. The standard InChI is InChI=1S/C10H12BrNO2/c1-7-4-9(11)10(12-5-7)14-8-2-3-13-6-8/h4-5,8H,2-3,6H2,1H3. The van der Waals surface area contributed by atoms with Crippen molar-refractivity contribution in [3.05, 3.63) is 22.3 Å². The molecule has 4 heteroatoms. The quantitative estimate of drug-likeness (QED) is 0.815. The summed E-state index contributed by atoms with van der Waals surface area (Å²) in [6.45, 7) is 3.45. The zero-order chi connectivity index (χ0) is 9.97. The van der Waals surface area contributed by atoms with Crippen molar-refractivity contribution in [2.24, 2.45) is 0 Å². The highest BCUT2D eigenvalue weighted by Gasteiger charge is 2.18. The van der Waals surface area contributed by atoms with Gasteiger partial charge in [0.15, 0.2) is 0 Å². The Balaban J connectivity index is 2.08. The number of hydrogen-bond donors (Lipinski definition) is 0. The first-order chi connectivity index (χ1) is 6.75. The predicted molar refractivity (Wildman–Crippen MR) is 56.5 cm³/mol. The van der Waals surface area contributed by atoms with Gasteiger partial charge in [0, 0.05) is 12.6 Å². The first kappa shape index (κ1) is 9.93. The molecule has 0 radical (unpaired) electrons. The second kappa shape index (κ2) is 4.28. The molecule has 1 aliphatic heterocycles. The summed E-state index contributed by atoms with van der Waals surface area (Å²) in [5, 5.41) is 0. The average Bonchev–Trinajstić information content (AvgIpc) is 2.62. The Bertz CT molecular complexity index is 324. The van der Waals surface area contributed by atoms with Gasteiger partial charge in [0.1, 0.15) is 6.10 Å². The van der Waals surface area contributed by atoms with Crippen LogP contribution < -0.4 is 4.74 Å². The first-order valence-electron chi connectivity index (χ1n) is 4.62. The number of nitrogens with zero attached hydrogens (tertiary/aromatic N) is 1. The van der Waals surface area contributed by atoms with Gasteiger partial charge in [-0.2, -0.15) is 0 Å². The summed E-state index contributed by atoms with van der Waals surface area (Å²) in [5.74, 6) is 0.658. The van der Waals surface area contributed by atoms with E-state index in [9.17, 15) is 0 Å². The van der Waals surface area contributed by atoms with E-state index in [1.807, 2.05) is 13.0 Å². The third-order valence-electron chi connectivity index (χ3n) is 2.11. The molecule has 1 atom stereocenters. The Morgan fingerprint density at radius 2 is 2.50 bits per heavy atom. The second-order valence-electron chi connectivity index (χ2n) is 3.40. The maximum atomic E-state index is 5.68. The number of aryl methyl sites for hydroxylation is 1. The Morgan fingerprint density at radius 3 is 3.14 bits per heavy atom. The van der Waals surface area contributed by atoms with Crippen LogP contribution >= 0.6 is 15.9 Å². The van der Waals surface area contributed by atoms with Crippen molar-refractivity contribution in [1.29, 1.82) is 0 Å². The molecular weight excluding hydrogens is 246 g/mol. The van der Waals surface area contributed by atoms with Crippen LogP contribution in [0, 0.1) is 6.92 Å². The van der Waals surface area contributed by atoms with Gasteiger partial charge in [-0.3, -0.25) is 0 Å². The molecule has 1 aromatic rings. The van der Waals surface area contributed by atoms with Crippen LogP contribution in [-0.4, -0.2) is 24.3 Å². The molecule has 1 saturated heterocycles. The van der Waals surface area contributed by atoms with E-state index in [0.29, 0.717) is 12.5 Å². The minimum Gasteiger partial charge on any atom is -0.471 e. The van der Waals surface area contributed by atoms with Crippen LogP contribution in [0.4, 0.5) is 0 Å². The molecule has 0 amide bonds. The second-order valence-corrected chi connectivity index (χ2v) is 4.26. The molecule has 0 bridgehead atoms. The van der Waals surface area contributed by atoms with E-state index < -0.39 is 0 Å². The molecule has 0 N–H and O–H groups in total. The van der Waals surface area contributed by atoms with Gasteiger partial charge in [-0.1, -0.05) is 0 Å². The molecule has 1 aromatic heterocycles. The van der Waals surface area contributed by atoms with Gasteiger partial charge < -0.3 is 9.47 Å². The molecule has 0 aromatic carbocycles. The molecule has 3 nitrogen and oxygen atoms in total. The highest BCUT2D eigenvalue weighted by molar-refractivity contribution is 9.10. The fraction of sp³-hybridized carbons (Fsp3) is 0.500. The lowest BCUT2D eigenvalue weighted by molar-refractivity contribution is 0.137. The lowest BCUT2D eigenvalue weighted by Gasteiger charge is -2.11. The van der Waals surface area contributed by atoms with Crippen molar-refractivity contribution in [2.45, 2.75) is 19.4 Å². The van der Waals surface area contributed by atoms with Gasteiger partial charge in [0.25, 0.3) is 0 Å². The van der Waals surface area contributed by atoms with Crippen molar-refractivity contribution >= 4 is 15.9 Å². The van der Waals surface area contributed by atoms with Crippen molar-refractivity contribution in [3.63, 3.8) is 0 Å². The largest absolute Gasteiger partial charge is 0.471 e. The van der Waals surface area contributed by atoms with Crippen LogP contribution in [0.3, 0.4) is 0 Å². The third-order valence-corrected chi connectivity index (χ3v) is 2.68. The van der Waals surface area contributed by atoms with Gasteiger partial charge >= 0.3 is 0 Å². The molecular formula is C10H12BrNO2. The summed E-state index contributed by atoms with van der Waals surface area (Å²) >= 11 is 3.43. The van der Waals surface area contributed by atoms with E-state index in [0.717, 1.165) is 23.1 Å². The lowest BCUT2D eigenvalue weighted by Crippen LogP contribution is -2.16. The number of aromatic nitrogens is 1. The smallest absolute Gasteiger partial charge is 0.228 e. The predicted octanol–water partition coefficient (Wildman–Crippen LogP) is 2.32.